The summed E-state index contributed by atoms with van der Waals surface area (Å²) in [6, 6.07) is 10.7. The highest BCUT2D eigenvalue weighted by atomic mass is 16.4. The van der Waals surface area contributed by atoms with Crippen LogP contribution in [0.2, 0.25) is 0 Å². The second kappa shape index (κ2) is 8.15. The van der Waals surface area contributed by atoms with Gasteiger partial charge in [0.05, 0.1) is 5.69 Å². The van der Waals surface area contributed by atoms with Gasteiger partial charge in [-0.25, -0.2) is 0 Å². The molecule has 1 heterocycles. The number of carbonyl (C=O) groups is 1. The third-order valence-electron chi connectivity index (χ3n) is 2.62. The van der Waals surface area contributed by atoms with Gasteiger partial charge in [0.25, 0.3) is 0 Å². The second-order valence-electron chi connectivity index (χ2n) is 4.78. The second-order valence-corrected chi connectivity index (χ2v) is 4.78. The van der Waals surface area contributed by atoms with Gasteiger partial charge in [0.2, 0.25) is 5.91 Å². The monoisotopic (exact) mass is 274 g/mol. The number of nitrogens with one attached hydrogen (secondary N) is 1. The van der Waals surface area contributed by atoms with Crippen molar-refractivity contribution >= 4 is 11.9 Å². The Morgan fingerprint density at radius 1 is 1.30 bits per heavy atom. The Morgan fingerprint density at radius 2 is 1.95 bits per heavy atom. The maximum atomic E-state index is 11.1. The first-order chi connectivity index (χ1) is 9.52. The minimum absolute atomic E-state index is 0.0581. The average Bonchev–Trinajstić information content (AvgIpc) is 2.85. The van der Waals surface area contributed by atoms with Crippen LogP contribution in [0.1, 0.15) is 32.0 Å². The number of oxazole rings is 1. The molecule has 0 bridgehead atoms. The van der Waals surface area contributed by atoms with E-state index >= 15 is 0 Å². The zero-order chi connectivity index (χ0) is 15.0. The van der Waals surface area contributed by atoms with Crippen LogP contribution in [0.3, 0.4) is 0 Å². The largest absolute Gasteiger partial charge is 0.432 e. The van der Waals surface area contributed by atoms with E-state index < -0.39 is 0 Å². The molecule has 2 aromatic rings. The molecule has 0 aliphatic carbocycles. The summed E-state index contributed by atoms with van der Waals surface area (Å²) in [5.41, 5.74) is 2.17. The molecule has 2 rings (SSSR count). The highest BCUT2D eigenvalue weighted by Crippen LogP contribution is 2.07. The zero-order valence-electron chi connectivity index (χ0n) is 12.5. The number of carbonyl (C=O) groups excluding carboxylic acids is 1. The lowest BCUT2D eigenvalue weighted by molar-refractivity contribution is -0.119. The van der Waals surface area contributed by atoms with Gasteiger partial charge in [-0.1, -0.05) is 51.1 Å². The van der Waals surface area contributed by atoms with Crippen LogP contribution in [0.5, 0.6) is 0 Å². The Balaban J connectivity index is 0.000000217. The number of nitrogens with zero attached hydrogens (tertiary/aromatic N) is 1. The summed E-state index contributed by atoms with van der Waals surface area (Å²) in [6.07, 6.45) is 2.64. The van der Waals surface area contributed by atoms with Crippen LogP contribution in [0.15, 0.2) is 41.0 Å². The maximum absolute atomic E-state index is 11.1. The molecule has 0 aliphatic heterocycles. The van der Waals surface area contributed by atoms with Gasteiger partial charge >= 0.3 is 6.01 Å². The van der Waals surface area contributed by atoms with Crippen molar-refractivity contribution in [1.82, 2.24) is 4.98 Å². The van der Waals surface area contributed by atoms with Crippen LogP contribution >= 0.6 is 0 Å². The smallest absolute Gasteiger partial charge is 0.301 e. The van der Waals surface area contributed by atoms with Crippen LogP contribution in [0.4, 0.5) is 6.01 Å². The molecule has 0 atom stereocenters. The fourth-order valence-corrected chi connectivity index (χ4v) is 1.37. The molecule has 0 spiro atoms. The number of anilines is 1. The maximum Gasteiger partial charge on any atom is 0.301 e. The van der Waals surface area contributed by atoms with Crippen molar-refractivity contribution in [2.45, 2.75) is 34.1 Å². The fraction of sp³-hybridized carbons (Fsp3) is 0.375. The highest BCUT2D eigenvalue weighted by molar-refractivity contribution is 5.89. The van der Waals surface area contributed by atoms with Crippen LogP contribution in [0.25, 0.3) is 0 Å². The quantitative estimate of drug-likeness (QED) is 0.925. The predicted molar refractivity (Wildman–Crippen MR) is 80.5 cm³/mol. The third-order valence-corrected chi connectivity index (χ3v) is 2.62. The number of aryl methyl sites for hydroxylation is 2. The minimum atomic E-state index is -0.0862. The van der Waals surface area contributed by atoms with Crippen LogP contribution in [-0.4, -0.2) is 10.9 Å². The van der Waals surface area contributed by atoms with E-state index in [1.54, 1.807) is 6.92 Å². The summed E-state index contributed by atoms with van der Waals surface area (Å²) >= 11 is 0. The number of rotatable bonds is 3. The van der Waals surface area contributed by atoms with Crippen LogP contribution in [0, 0.1) is 12.8 Å². The normalized spacial score (nSPS) is 9.85. The van der Waals surface area contributed by atoms with Gasteiger partial charge in [-0.15, -0.1) is 0 Å². The molecule has 1 amide bonds. The lowest BCUT2D eigenvalue weighted by Gasteiger charge is -2.01. The molecule has 0 saturated carbocycles. The lowest BCUT2D eigenvalue weighted by atomic mass is 10.2. The first kappa shape index (κ1) is 16.0. The lowest BCUT2D eigenvalue weighted by Crippen LogP contribution is -2.17. The van der Waals surface area contributed by atoms with Gasteiger partial charge in [0, 0.05) is 5.92 Å². The first-order valence-corrected chi connectivity index (χ1v) is 6.79. The standard InChI is InChI=1S/C8H12N2O2.C8H10/c1-5(2)7(11)10-8-9-6(3)4-12-8;1-2-8-6-4-3-5-7-8/h4-5H,1-3H3,(H,9,10,11);3-7H,2H2,1H3. The highest BCUT2D eigenvalue weighted by Gasteiger charge is 2.09. The van der Waals surface area contributed by atoms with Gasteiger partial charge < -0.3 is 4.42 Å². The zero-order valence-corrected chi connectivity index (χ0v) is 12.5. The Hall–Kier alpha value is -2.10. The van der Waals surface area contributed by atoms with Crippen molar-refractivity contribution in [1.29, 1.82) is 0 Å². The SMILES string of the molecule is CCc1ccccc1.Cc1coc(NC(=O)C(C)C)n1. The summed E-state index contributed by atoms with van der Waals surface area (Å²) in [6.45, 7) is 7.58. The van der Waals surface area contributed by atoms with Gasteiger partial charge in [-0.2, -0.15) is 4.98 Å². The summed E-state index contributed by atoms with van der Waals surface area (Å²) < 4.78 is 4.94. The predicted octanol–water partition coefficient (Wildman–Crippen LogP) is 3.83. The molecule has 1 aromatic heterocycles. The summed E-state index contributed by atoms with van der Waals surface area (Å²) in [7, 11) is 0. The number of amides is 1. The van der Waals surface area contributed by atoms with E-state index in [-0.39, 0.29) is 17.8 Å². The van der Waals surface area contributed by atoms with E-state index in [0.717, 1.165) is 12.1 Å². The van der Waals surface area contributed by atoms with Gasteiger partial charge in [0.15, 0.2) is 0 Å². The minimum Gasteiger partial charge on any atom is -0.432 e. The molecular weight excluding hydrogens is 252 g/mol. The van der Waals surface area contributed by atoms with Gasteiger partial charge in [-0.05, 0) is 18.9 Å². The van der Waals surface area contributed by atoms with Crippen molar-refractivity contribution in [2.24, 2.45) is 5.92 Å². The number of hydrogen-bond donors (Lipinski definition) is 1. The van der Waals surface area contributed by atoms with E-state index in [1.165, 1.54) is 11.8 Å². The molecule has 0 aliphatic rings. The molecule has 1 aromatic carbocycles. The number of aromatic nitrogens is 1. The van der Waals surface area contributed by atoms with Crippen LogP contribution < -0.4 is 5.32 Å². The number of benzene rings is 1. The molecular formula is C16H22N2O2. The molecule has 4 heteroatoms. The average molecular weight is 274 g/mol. The van der Waals surface area contributed by atoms with Crippen molar-refractivity contribution in [3.05, 3.63) is 47.9 Å². The summed E-state index contributed by atoms with van der Waals surface area (Å²) in [5, 5.41) is 2.55. The number of hydrogen-bond acceptors (Lipinski definition) is 3. The van der Waals surface area contributed by atoms with Crippen LogP contribution in [-0.2, 0) is 11.2 Å². The van der Waals surface area contributed by atoms with E-state index in [4.69, 9.17) is 4.42 Å². The van der Waals surface area contributed by atoms with Crippen molar-refractivity contribution in [3.8, 4) is 0 Å². The van der Waals surface area contributed by atoms with E-state index in [2.05, 4.69) is 41.5 Å². The van der Waals surface area contributed by atoms with Gasteiger partial charge in [0.1, 0.15) is 6.26 Å². The molecule has 108 valence electrons. The third kappa shape index (κ3) is 5.69. The Kier molecular flexibility index (Phi) is 6.50. The van der Waals surface area contributed by atoms with Crippen molar-refractivity contribution < 1.29 is 9.21 Å². The molecule has 0 saturated heterocycles. The molecule has 0 radical (unpaired) electrons. The molecule has 0 unspecified atom stereocenters. The first-order valence-electron chi connectivity index (χ1n) is 6.79. The van der Waals surface area contributed by atoms with Crippen molar-refractivity contribution in [3.63, 3.8) is 0 Å². The Labute approximate surface area is 120 Å². The molecule has 1 N–H and O–H groups in total. The fourth-order valence-electron chi connectivity index (χ4n) is 1.37. The molecule has 4 nitrogen and oxygen atoms in total. The molecule has 20 heavy (non-hydrogen) atoms. The Morgan fingerprint density at radius 3 is 2.35 bits per heavy atom. The summed E-state index contributed by atoms with van der Waals surface area (Å²) in [4.78, 5) is 15.0. The van der Waals surface area contributed by atoms with E-state index in [1.807, 2.05) is 19.9 Å². The topological polar surface area (TPSA) is 55.1 Å². The Bertz CT molecular complexity index is 518. The summed E-state index contributed by atoms with van der Waals surface area (Å²) in [5.74, 6) is -0.144. The van der Waals surface area contributed by atoms with Gasteiger partial charge in [-0.3, -0.25) is 10.1 Å². The van der Waals surface area contributed by atoms with Crippen molar-refractivity contribution in [2.75, 3.05) is 5.32 Å². The van der Waals surface area contributed by atoms with E-state index in [9.17, 15) is 4.79 Å². The van der Waals surface area contributed by atoms with E-state index in [0.29, 0.717) is 0 Å². The molecule has 0 fully saturated rings.